The summed E-state index contributed by atoms with van der Waals surface area (Å²) in [4.78, 5) is 14.1. The zero-order chi connectivity index (χ0) is 18.7. The van der Waals surface area contributed by atoms with Crippen LogP contribution in [0, 0.1) is 11.6 Å². The number of allylic oxidation sites excluding steroid dienone is 1. The summed E-state index contributed by atoms with van der Waals surface area (Å²) in [5, 5.41) is 3.28. The number of nitrogens with one attached hydrogen (secondary N) is 1. The third-order valence-electron chi connectivity index (χ3n) is 4.05. The molecule has 1 aliphatic rings. The van der Waals surface area contributed by atoms with Crippen LogP contribution in [0.4, 0.5) is 8.78 Å². The molecule has 2 atom stereocenters. The molecule has 8 heteroatoms. The number of carbonyl (C=O) groups excluding carboxylic acids is 1. The van der Waals surface area contributed by atoms with Crippen LogP contribution in [0.1, 0.15) is 25.5 Å². The molecule has 0 aromatic heterocycles. The molecule has 1 aromatic rings. The van der Waals surface area contributed by atoms with Crippen molar-refractivity contribution in [2.24, 2.45) is 0 Å². The van der Waals surface area contributed by atoms with Gasteiger partial charge < -0.3 is 19.7 Å². The molecule has 1 N–H and O–H groups in total. The highest BCUT2D eigenvalue weighted by Gasteiger charge is 2.37. The molecule has 0 fully saturated rings. The van der Waals surface area contributed by atoms with Gasteiger partial charge >= 0.3 is 5.97 Å². The molecule has 1 heterocycles. The third-order valence-corrected chi connectivity index (χ3v) is 4.37. The summed E-state index contributed by atoms with van der Waals surface area (Å²) in [6, 6.07) is 2.17. The summed E-state index contributed by atoms with van der Waals surface area (Å²) < 4.78 is 37.5. The van der Waals surface area contributed by atoms with Crippen molar-refractivity contribution < 1.29 is 23.0 Å². The van der Waals surface area contributed by atoms with Crippen LogP contribution >= 0.6 is 12.2 Å². The fourth-order valence-corrected chi connectivity index (χ4v) is 3.38. The van der Waals surface area contributed by atoms with Gasteiger partial charge in [0, 0.05) is 24.4 Å². The fourth-order valence-electron chi connectivity index (χ4n) is 2.95. The second kappa shape index (κ2) is 7.88. The summed E-state index contributed by atoms with van der Waals surface area (Å²) in [6.07, 6.45) is 0. The standard InChI is InChI=1S/C17H20F2N2O3S/c1-9(8-23-3)21-10(2)14(16(22)24-4)15(20-17(21)25)12-6-5-11(18)7-13(12)19/h5-7,9,15H,8H2,1-4H3,(H,20,25)/t9-,15+/m0/s1. The van der Waals surface area contributed by atoms with Gasteiger partial charge in [-0.05, 0) is 32.1 Å². The predicted molar refractivity (Wildman–Crippen MR) is 92.7 cm³/mol. The lowest BCUT2D eigenvalue weighted by Gasteiger charge is -2.40. The second-order valence-corrected chi connectivity index (χ2v) is 6.10. The Morgan fingerprint density at radius 2 is 2.08 bits per heavy atom. The minimum Gasteiger partial charge on any atom is -0.466 e. The van der Waals surface area contributed by atoms with Gasteiger partial charge in [-0.15, -0.1) is 0 Å². The van der Waals surface area contributed by atoms with Crippen LogP contribution in [0.15, 0.2) is 29.5 Å². The van der Waals surface area contributed by atoms with Crippen molar-refractivity contribution >= 4 is 23.3 Å². The maximum absolute atomic E-state index is 14.3. The maximum Gasteiger partial charge on any atom is 0.337 e. The zero-order valence-corrected chi connectivity index (χ0v) is 15.2. The van der Waals surface area contributed by atoms with E-state index in [4.69, 9.17) is 21.7 Å². The summed E-state index contributed by atoms with van der Waals surface area (Å²) >= 11 is 5.39. The quantitative estimate of drug-likeness (QED) is 0.635. The number of hydrogen-bond donors (Lipinski definition) is 1. The molecule has 0 spiro atoms. The summed E-state index contributed by atoms with van der Waals surface area (Å²) in [5.74, 6) is -2.08. The Hall–Kier alpha value is -2.06. The van der Waals surface area contributed by atoms with Crippen LogP contribution in [0.2, 0.25) is 0 Å². The highest BCUT2D eigenvalue weighted by molar-refractivity contribution is 7.80. The van der Waals surface area contributed by atoms with Gasteiger partial charge in [0.2, 0.25) is 0 Å². The molecule has 0 bridgehead atoms. The Labute approximate surface area is 150 Å². The van der Waals surface area contributed by atoms with E-state index in [2.05, 4.69) is 5.32 Å². The third kappa shape index (κ3) is 3.80. The lowest BCUT2D eigenvalue weighted by Crippen LogP contribution is -2.52. The van der Waals surface area contributed by atoms with Crippen molar-refractivity contribution in [2.45, 2.75) is 25.9 Å². The van der Waals surface area contributed by atoms with E-state index in [9.17, 15) is 13.6 Å². The average molecular weight is 370 g/mol. The van der Waals surface area contributed by atoms with E-state index in [0.29, 0.717) is 17.4 Å². The molecule has 0 radical (unpaired) electrons. The molecule has 0 aliphatic carbocycles. The maximum atomic E-state index is 14.3. The number of methoxy groups -OCH3 is 2. The van der Waals surface area contributed by atoms with Crippen LogP contribution in [-0.4, -0.2) is 42.8 Å². The van der Waals surface area contributed by atoms with Gasteiger partial charge in [0.1, 0.15) is 11.6 Å². The number of rotatable bonds is 5. The Balaban J connectivity index is 2.57. The van der Waals surface area contributed by atoms with E-state index in [0.717, 1.165) is 12.1 Å². The molecule has 0 unspecified atom stereocenters. The zero-order valence-electron chi connectivity index (χ0n) is 14.4. The van der Waals surface area contributed by atoms with Crippen LogP contribution in [-0.2, 0) is 14.3 Å². The van der Waals surface area contributed by atoms with Crippen molar-refractivity contribution in [3.63, 3.8) is 0 Å². The monoisotopic (exact) mass is 370 g/mol. The van der Waals surface area contributed by atoms with Crippen molar-refractivity contribution in [1.29, 1.82) is 0 Å². The number of nitrogens with zero attached hydrogens (tertiary/aromatic N) is 1. The summed E-state index contributed by atoms with van der Waals surface area (Å²) in [6.45, 7) is 3.97. The SMILES string of the molecule is COC[C@H](C)N1C(=S)N[C@H](c2ccc(F)cc2F)C(C(=O)OC)=C1C. The Morgan fingerprint density at radius 3 is 2.64 bits per heavy atom. The first-order valence-electron chi connectivity index (χ1n) is 7.64. The van der Waals surface area contributed by atoms with Gasteiger partial charge in [0.25, 0.3) is 0 Å². The van der Waals surface area contributed by atoms with E-state index in [1.807, 2.05) is 6.92 Å². The molecule has 2 rings (SSSR count). The van der Waals surface area contributed by atoms with E-state index in [-0.39, 0.29) is 17.2 Å². The van der Waals surface area contributed by atoms with Gasteiger partial charge in [0.05, 0.1) is 31.4 Å². The molecule has 1 aromatic carbocycles. The first-order valence-corrected chi connectivity index (χ1v) is 8.05. The topological polar surface area (TPSA) is 50.8 Å². The smallest absolute Gasteiger partial charge is 0.337 e. The predicted octanol–water partition coefficient (Wildman–Crippen LogP) is 2.68. The van der Waals surface area contributed by atoms with Crippen molar-refractivity contribution in [3.05, 3.63) is 46.7 Å². The van der Waals surface area contributed by atoms with E-state index >= 15 is 0 Å². The lowest BCUT2D eigenvalue weighted by atomic mass is 9.94. The normalized spacial score (nSPS) is 18.9. The van der Waals surface area contributed by atoms with Crippen LogP contribution in [0.3, 0.4) is 0 Å². The summed E-state index contributed by atoms with van der Waals surface area (Å²) in [7, 11) is 2.81. The lowest BCUT2D eigenvalue weighted by molar-refractivity contribution is -0.136. The average Bonchev–Trinajstić information content (AvgIpc) is 2.54. The number of esters is 1. The Kier molecular flexibility index (Phi) is 6.07. The van der Waals surface area contributed by atoms with Gasteiger partial charge in [-0.3, -0.25) is 0 Å². The molecule has 136 valence electrons. The van der Waals surface area contributed by atoms with Gasteiger partial charge in [-0.1, -0.05) is 6.07 Å². The van der Waals surface area contributed by atoms with E-state index in [1.165, 1.54) is 13.2 Å². The highest BCUT2D eigenvalue weighted by atomic mass is 32.1. The molecular weight excluding hydrogens is 350 g/mol. The molecule has 25 heavy (non-hydrogen) atoms. The molecular formula is C17H20F2N2O3S. The van der Waals surface area contributed by atoms with Crippen molar-refractivity contribution in [1.82, 2.24) is 10.2 Å². The fraction of sp³-hybridized carbons (Fsp3) is 0.412. The number of thiocarbonyl (C=S) groups is 1. The minimum atomic E-state index is -0.869. The van der Waals surface area contributed by atoms with Crippen molar-refractivity contribution in [3.8, 4) is 0 Å². The van der Waals surface area contributed by atoms with Crippen molar-refractivity contribution in [2.75, 3.05) is 20.8 Å². The summed E-state index contributed by atoms with van der Waals surface area (Å²) in [5.41, 5.74) is 0.862. The first kappa shape index (κ1) is 19.3. The van der Waals surface area contributed by atoms with Crippen LogP contribution in [0.25, 0.3) is 0 Å². The molecule has 0 amide bonds. The molecule has 0 saturated carbocycles. The van der Waals surface area contributed by atoms with Gasteiger partial charge in [0.15, 0.2) is 5.11 Å². The number of halogens is 2. The number of carbonyl (C=O) groups is 1. The van der Waals surface area contributed by atoms with E-state index < -0.39 is 23.6 Å². The molecule has 1 aliphatic heterocycles. The largest absolute Gasteiger partial charge is 0.466 e. The number of ether oxygens (including phenoxy) is 2. The molecule has 0 saturated heterocycles. The van der Waals surface area contributed by atoms with E-state index in [1.54, 1.807) is 18.9 Å². The van der Waals surface area contributed by atoms with Gasteiger partial charge in [-0.2, -0.15) is 0 Å². The van der Waals surface area contributed by atoms with Gasteiger partial charge in [-0.25, -0.2) is 13.6 Å². The first-order chi connectivity index (χ1) is 11.8. The molecule has 5 nitrogen and oxygen atoms in total. The van der Waals surface area contributed by atoms with Crippen LogP contribution in [0.5, 0.6) is 0 Å². The Morgan fingerprint density at radius 1 is 1.40 bits per heavy atom. The van der Waals surface area contributed by atoms with Crippen LogP contribution < -0.4 is 5.32 Å². The number of hydrogen-bond acceptors (Lipinski definition) is 4. The Bertz CT molecular complexity index is 724. The second-order valence-electron chi connectivity index (χ2n) is 5.71. The number of benzene rings is 1. The minimum absolute atomic E-state index is 0.113. The highest BCUT2D eigenvalue weighted by Crippen LogP contribution is 2.33.